The lowest BCUT2D eigenvalue weighted by Gasteiger charge is -2.29. The summed E-state index contributed by atoms with van der Waals surface area (Å²) >= 11 is 0. The van der Waals surface area contributed by atoms with Crippen LogP contribution in [0.15, 0.2) is 29.2 Å². The Balaban J connectivity index is 1.96. The molecule has 0 unspecified atom stereocenters. The molecule has 0 spiro atoms. The maximum Gasteiger partial charge on any atom is 0.296 e. The largest absolute Gasteiger partial charge is 0.306 e. The number of rotatable bonds is 4. The van der Waals surface area contributed by atoms with Crippen molar-refractivity contribution in [2.45, 2.75) is 24.7 Å². The van der Waals surface area contributed by atoms with Gasteiger partial charge in [-0.05, 0) is 51.4 Å². The van der Waals surface area contributed by atoms with E-state index in [0.717, 1.165) is 31.5 Å². The standard InChI is InChI=1S/C14H21NO3S/c1-12-5-7-14(8-6-12)19(16,17)18-11-13-4-3-9-15(2)10-13/h5-8,13H,3-4,9-11H2,1-2H3/t13-/m0/s1. The van der Waals surface area contributed by atoms with E-state index >= 15 is 0 Å². The van der Waals surface area contributed by atoms with E-state index in [1.165, 1.54) is 0 Å². The predicted octanol–water partition coefficient (Wildman–Crippen LogP) is 2.04. The van der Waals surface area contributed by atoms with Crippen LogP contribution in [-0.4, -0.2) is 40.1 Å². The lowest BCUT2D eigenvalue weighted by atomic mass is 10.00. The van der Waals surface area contributed by atoms with Crippen LogP contribution < -0.4 is 0 Å². The van der Waals surface area contributed by atoms with Gasteiger partial charge in [-0.1, -0.05) is 17.7 Å². The van der Waals surface area contributed by atoms with Gasteiger partial charge in [0, 0.05) is 6.54 Å². The highest BCUT2D eigenvalue weighted by molar-refractivity contribution is 7.86. The minimum Gasteiger partial charge on any atom is -0.306 e. The molecule has 1 aromatic rings. The summed E-state index contributed by atoms with van der Waals surface area (Å²) in [6, 6.07) is 6.75. The van der Waals surface area contributed by atoms with Crippen LogP contribution in [0.2, 0.25) is 0 Å². The van der Waals surface area contributed by atoms with Crippen molar-refractivity contribution in [1.29, 1.82) is 0 Å². The van der Waals surface area contributed by atoms with Crippen molar-refractivity contribution < 1.29 is 12.6 Å². The average Bonchev–Trinajstić information content (AvgIpc) is 2.37. The Labute approximate surface area is 115 Å². The zero-order valence-electron chi connectivity index (χ0n) is 11.5. The Morgan fingerprint density at radius 2 is 2.00 bits per heavy atom. The molecule has 5 heteroatoms. The molecule has 1 aromatic carbocycles. The van der Waals surface area contributed by atoms with Gasteiger partial charge in [0.2, 0.25) is 0 Å². The highest BCUT2D eigenvalue weighted by Crippen LogP contribution is 2.19. The van der Waals surface area contributed by atoms with E-state index in [4.69, 9.17) is 4.18 Å². The second kappa shape index (κ2) is 6.03. The van der Waals surface area contributed by atoms with E-state index in [9.17, 15) is 8.42 Å². The molecule has 1 heterocycles. The zero-order chi connectivity index (χ0) is 13.9. The summed E-state index contributed by atoms with van der Waals surface area (Å²) in [7, 11) is -1.56. The first kappa shape index (κ1) is 14.5. The minimum absolute atomic E-state index is 0.238. The maximum absolute atomic E-state index is 12.0. The smallest absolute Gasteiger partial charge is 0.296 e. The molecule has 1 fully saturated rings. The van der Waals surface area contributed by atoms with Gasteiger partial charge in [0.15, 0.2) is 0 Å². The van der Waals surface area contributed by atoms with Gasteiger partial charge >= 0.3 is 0 Å². The summed E-state index contributed by atoms with van der Waals surface area (Å²) in [4.78, 5) is 2.46. The Hall–Kier alpha value is -0.910. The van der Waals surface area contributed by atoms with Crippen molar-refractivity contribution >= 4 is 10.1 Å². The Kier molecular flexibility index (Phi) is 4.60. The number of aryl methyl sites for hydroxylation is 1. The van der Waals surface area contributed by atoms with Crippen LogP contribution in [0.1, 0.15) is 18.4 Å². The fourth-order valence-corrected chi connectivity index (χ4v) is 3.35. The fourth-order valence-electron chi connectivity index (χ4n) is 2.37. The molecule has 19 heavy (non-hydrogen) atoms. The van der Waals surface area contributed by atoms with Gasteiger partial charge in [0.05, 0.1) is 11.5 Å². The van der Waals surface area contributed by atoms with E-state index in [-0.39, 0.29) is 11.5 Å². The highest BCUT2D eigenvalue weighted by atomic mass is 32.2. The van der Waals surface area contributed by atoms with Crippen LogP contribution in [-0.2, 0) is 14.3 Å². The van der Waals surface area contributed by atoms with Gasteiger partial charge < -0.3 is 4.90 Å². The molecule has 0 radical (unpaired) electrons. The van der Waals surface area contributed by atoms with Gasteiger partial charge in [0.1, 0.15) is 0 Å². The number of benzene rings is 1. The van der Waals surface area contributed by atoms with E-state index in [0.29, 0.717) is 5.92 Å². The van der Waals surface area contributed by atoms with Crippen molar-refractivity contribution in [2.75, 3.05) is 26.7 Å². The summed E-state index contributed by atoms with van der Waals surface area (Å²) in [5, 5.41) is 0. The molecule has 0 bridgehead atoms. The van der Waals surface area contributed by atoms with Crippen molar-refractivity contribution in [2.24, 2.45) is 5.92 Å². The predicted molar refractivity (Wildman–Crippen MR) is 74.5 cm³/mol. The first-order chi connectivity index (χ1) is 8.97. The van der Waals surface area contributed by atoms with Gasteiger partial charge in [-0.25, -0.2) is 0 Å². The Bertz CT molecular complexity index is 510. The number of hydrogen-bond acceptors (Lipinski definition) is 4. The molecular weight excluding hydrogens is 262 g/mol. The third kappa shape index (κ3) is 4.03. The van der Waals surface area contributed by atoms with Crippen LogP contribution in [0.4, 0.5) is 0 Å². The molecule has 4 nitrogen and oxygen atoms in total. The zero-order valence-corrected chi connectivity index (χ0v) is 12.3. The first-order valence-corrected chi connectivity index (χ1v) is 8.03. The minimum atomic E-state index is -3.61. The van der Waals surface area contributed by atoms with E-state index in [2.05, 4.69) is 11.9 Å². The summed E-state index contributed by atoms with van der Waals surface area (Å²) in [6.45, 7) is 4.19. The quantitative estimate of drug-likeness (QED) is 0.793. The topological polar surface area (TPSA) is 46.6 Å². The first-order valence-electron chi connectivity index (χ1n) is 6.62. The van der Waals surface area contributed by atoms with Crippen LogP contribution in [0, 0.1) is 12.8 Å². The van der Waals surface area contributed by atoms with Crippen LogP contribution >= 0.6 is 0 Å². The van der Waals surface area contributed by atoms with E-state index in [1.54, 1.807) is 24.3 Å². The number of likely N-dealkylation sites (tertiary alicyclic amines) is 1. The number of piperidine rings is 1. The summed E-state index contributed by atoms with van der Waals surface area (Å²) in [6.07, 6.45) is 2.14. The maximum atomic E-state index is 12.0. The summed E-state index contributed by atoms with van der Waals surface area (Å²) in [5.41, 5.74) is 1.04. The van der Waals surface area contributed by atoms with Crippen LogP contribution in [0.25, 0.3) is 0 Å². The van der Waals surface area contributed by atoms with Crippen molar-refractivity contribution in [3.05, 3.63) is 29.8 Å². The van der Waals surface area contributed by atoms with Crippen LogP contribution in [0.3, 0.4) is 0 Å². The molecule has 0 aliphatic carbocycles. The monoisotopic (exact) mass is 283 g/mol. The SMILES string of the molecule is Cc1ccc(S(=O)(=O)OC[C@H]2CCCN(C)C2)cc1. The molecule has 0 N–H and O–H groups in total. The van der Waals surface area contributed by atoms with E-state index < -0.39 is 10.1 Å². The normalized spacial score (nSPS) is 21.5. The molecule has 106 valence electrons. The molecule has 1 atom stereocenters. The third-order valence-electron chi connectivity index (χ3n) is 3.49. The molecule has 1 saturated heterocycles. The molecule has 0 saturated carbocycles. The summed E-state index contributed by atoms with van der Waals surface area (Å²) < 4.78 is 29.3. The second-order valence-electron chi connectivity index (χ2n) is 5.32. The third-order valence-corrected chi connectivity index (χ3v) is 4.79. The number of hydrogen-bond donors (Lipinski definition) is 0. The molecule has 2 rings (SSSR count). The fraction of sp³-hybridized carbons (Fsp3) is 0.571. The van der Waals surface area contributed by atoms with Crippen molar-refractivity contribution in [3.8, 4) is 0 Å². The molecule has 1 aliphatic heterocycles. The molecule has 1 aliphatic rings. The van der Waals surface area contributed by atoms with Crippen molar-refractivity contribution in [3.63, 3.8) is 0 Å². The summed E-state index contributed by atoms with van der Waals surface area (Å²) in [5.74, 6) is 0.305. The van der Waals surface area contributed by atoms with Crippen molar-refractivity contribution in [1.82, 2.24) is 4.90 Å². The second-order valence-corrected chi connectivity index (χ2v) is 6.94. The van der Waals surface area contributed by atoms with Gasteiger partial charge in [-0.15, -0.1) is 0 Å². The Morgan fingerprint density at radius 3 is 2.63 bits per heavy atom. The molecule has 0 aromatic heterocycles. The van der Waals surface area contributed by atoms with E-state index in [1.807, 2.05) is 6.92 Å². The molecule has 0 amide bonds. The van der Waals surface area contributed by atoms with Gasteiger partial charge in [-0.2, -0.15) is 8.42 Å². The lowest BCUT2D eigenvalue weighted by Crippen LogP contribution is -2.34. The van der Waals surface area contributed by atoms with Gasteiger partial charge in [-0.3, -0.25) is 4.18 Å². The Morgan fingerprint density at radius 1 is 1.32 bits per heavy atom. The van der Waals surface area contributed by atoms with Crippen LogP contribution in [0.5, 0.6) is 0 Å². The van der Waals surface area contributed by atoms with Gasteiger partial charge in [0.25, 0.3) is 10.1 Å². The average molecular weight is 283 g/mol. The number of nitrogens with zero attached hydrogens (tertiary/aromatic N) is 1. The lowest BCUT2D eigenvalue weighted by molar-refractivity contribution is 0.153. The molecular formula is C14H21NO3S. The highest BCUT2D eigenvalue weighted by Gasteiger charge is 2.21.